The fraction of sp³-hybridized carbons (Fsp3) is 0.375. The fourth-order valence-corrected chi connectivity index (χ4v) is 1.84. The van der Waals surface area contributed by atoms with Gasteiger partial charge in [-0.2, -0.15) is 5.26 Å². The lowest BCUT2D eigenvalue weighted by Gasteiger charge is -2.20. The zero-order valence-electron chi connectivity index (χ0n) is 11.8. The Balaban J connectivity index is 3.11. The van der Waals surface area contributed by atoms with Crippen molar-refractivity contribution in [2.75, 3.05) is 19.7 Å². The predicted octanol–water partition coefficient (Wildman–Crippen LogP) is 1.71. The molecule has 0 spiro atoms. The Kier molecular flexibility index (Phi) is 6.29. The van der Waals surface area contributed by atoms with Gasteiger partial charge < -0.3 is 10.0 Å². The maximum atomic E-state index is 12.5. The normalized spacial score (nSPS) is 9.30. The molecule has 1 N–H and O–H groups in total. The number of nitrogens with zero attached hydrogens (tertiary/aromatic N) is 2. The molecule has 1 aromatic rings. The van der Waals surface area contributed by atoms with Crippen LogP contribution in [0, 0.1) is 30.1 Å². The molecule has 0 unspecified atom stereocenters. The van der Waals surface area contributed by atoms with Gasteiger partial charge >= 0.3 is 0 Å². The molecule has 0 saturated heterocycles. The summed E-state index contributed by atoms with van der Waals surface area (Å²) in [4.78, 5) is 14.1. The van der Waals surface area contributed by atoms with Gasteiger partial charge in [0.05, 0.1) is 18.1 Å². The van der Waals surface area contributed by atoms with Crippen LogP contribution in [0.25, 0.3) is 0 Å². The third kappa shape index (κ3) is 4.12. The molecule has 0 aromatic heterocycles. The number of carbonyl (C=O) groups excluding carboxylic acids is 1. The summed E-state index contributed by atoms with van der Waals surface area (Å²) >= 11 is 0. The number of nitriles is 1. The Morgan fingerprint density at radius 1 is 1.45 bits per heavy atom. The van der Waals surface area contributed by atoms with Crippen molar-refractivity contribution in [3.05, 3.63) is 34.9 Å². The number of aliphatic hydroxyl groups excluding tert-OH is 1. The van der Waals surface area contributed by atoms with Crippen LogP contribution < -0.4 is 0 Å². The molecule has 0 fully saturated rings. The monoisotopic (exact) mass is 270 g/mol. The van der Waals surface area contributed by atoms with Crippen LogP contribution in [0.5, 0.6) is 0 Å². The van der Waals surface area contributed by atoms with Crippen LogP contribution in [-0.4, -0.2) is 35.6 Å². The van der Waals surface area contributed by atoms with Crippen molar-refractivity contribution >= 4 is 5.91 Å². The van der Waals surface area contributed by atoms with Crippen molar-refractivity contribution in [2.45, 2.75) is 20.3 Å². The summed E-state index contributed by atoms with van der Waals surface area (Å²) in [5, 5.41) is 17.4. The molecule has 4 heteroatoms. The van der Waals surface area contributed by atoms with E-state index in [2.05, 4.69) is 11.8 Å². The standard InChI is InChI=1S/C16H18N2O2/c1-3-18(10-5-9-17)16(20)15-8-7-13(2)12-14(15)6-4-11-19/h7-8,12,19H,3,5,10-11H2,1-2H3. The summed E-state index contributed by atoms with van der Waals surface area (Å²) in [5.74, 6) is 5.24. The minimum absolute atomic E-state index is 0.134. The van der Waals surface area contributed by atoms with E-state index in [1.807, 2.05) is 32.0 Å². The number of carbonyl (C=O) groups is 1. The third-order valence-corrected chi connectivity index (χ3v) is 2.87. The summed E-state index contributed by atoms with van der Waals surface area (Å²) in [7, 11) is 0. The van der Waals surface area contributed by atoms with E-state index in [1.165, 1.54) is 0 Å². The van der Waals surface area contributed by atoms with Crippen LogP contribution in [0.3, 0.4) is 0 Å². The molecule has 1 rings (SSSR count). The van der Waals surface area contributed by atoms with Crippen LogP contribution in [0.1, 0.15) is 34.8 Å². The van der Waals surface area contributed by atoms with Gasteiger partial charge in [0.25, 0.3) is 5.91 Å². The molecule has 0 atom stereocenters. The van der Waals surface area contributed by atoms with E-state index in [0.29, 0.717) is 30.6 Å². The number of aryl methyl sites for hydroxylation is 1. The summed E-state index contributed by atoms with van der Waals surface area (Å²) in [5.41, 5.74) is 2.12. The van der Waals surface area contributed by atoms with Crippen molar-refractivity contribution in [3.63, 3.8) is 0 Å². The van der Waals surface area contributed by atoms with Crippen molar-refractivity contribution in [1.29, 1.82) is 5.26 Å². The minimum atomic E-state index is -0.243. The second kappa shape index (κ2) is 7.99. The van der Waals surface area contributed by atoms with Crippen LogP contribution in [0.2, 0.25) is 0 Å². The van der Waals surface area contributed by atoms with E-state index >= 15 is 0 Å². The summed E-state index contributed by atoms with van der Waals surface area (Å²) in [6.07, 6.45) is 0.309. The van der Waals surface area contributed by atoms with E-state index in [4.69, 9.17) is 10.4 Å². The number of aliphatic hydroxyl groups is 1. The lowest BCUT2D eigenvalue weighted by atomic mass is 10.0. The largest absolute Gasteiger partial charge is 0.384 e. The number of rotatable bonds is 4. The van der Waals surface area contributed by atoms with Crippen LogP contribution in [0.15, 0.2) is 18.2 Å². The molecule has 0 aliphatic carbocycles. The Bertz CT molecular complexity index is 576. The van der Waals surface area contributed by atoms with Crippen LogP contribution >= 0.6 is 0 Å². The summed E-state index contributed by atoms with van der Waals surface area (Å²) in [6, 6.07) is 7.47. The molecular weight excluding hydrogens is 252 g/mol. The van der Waals surface area contributed by atoms with Gasteiger partial charge in [0.2, 0.25) is 0 Å². The molecule has 1 aromatic carbocycles. The van der Waals surface area contributed by atoms with E-state index in [0.717, 1.165) is 5.56 Å². The number of hydrogen-bond donors (Lipinski definition) is 1. The van der Waals surface area contributed by atoms with Crippen molar-refractivity contribution in [2.24, 2.45) is 0 Å². The van der Waals surface area contributed by atoms with Crippen molar-refractivity contribution in [3.8, 4) is 17.9 Å². The minimum Gasteiger partial charge on any atom is -0.384 e. The van der Waals surface area contributed by atoms with Gasteiger partial charge in [-0.05, 0) is 31.5 Å². The highest BCUT2D eigenvalue weighted by Crippen LogP contribution is 2.14. The number of hydrogen-bond acceptors (Lipinski definition) is 3. The molecule has 0 aliphatic heterocycles. The highest BCUT2D eigenvalue weighted by atomic mass is 16.2. The van der Waals surface area contributed by atoms with E-state index < -0.39 is 0 Å². The van der Waals surface area contributed by atoms with Crippen molar-refractivity contribution < 1.29 is 9.90 Å². The lowest BCUT2D eigenvalue weighted by Crippen LogP contribution is -2.32. The summed E-state index contributed by atoms with van der Waals surface area (Å²) in [6.45, 7) is 4.51. The maximum absolute atomic E-state index is 12.5. The Morgan fingerprint density at radius 3 is 2.80 bits per heavy atom. The number of amides is 1. The quantitative estimate of drug-likeness (QED) is 0.847. The highest BCUT2D eigenvalue weighted by Gasteiger charge is 2.16. The SMILES string of the molecule is CCN(CCC#N)C(=O)c1ccc(C)cc1C#CCO. The molecule has 0 bridgehead atoms. The van der Waals surface area contributed by atoms with Gasteiger partial charge in [-0.25, -0.2) is 0 Å². The molecule has 1 amide bonds. The van der Waals surface area contributed by atoms with Gasteiger partial charge in [0.1, 0.15) is 6.61 Å². The van der Waals surface area contributed by atoms with E-state index in [1.54, 1.807) is 11.0 Å². The Morgan fingerprint density at radius 2 is 2.20 bits per heavy atom. The molecule has 0 saturated carbocycles. The molecule has 4 nitrogen and oxygen atoms in total. The predicted molar refractivity (Wildman–Crippen MR) is 77.0 cm³/mol. The van der Waals surface area contributed by atoms with Gasteiger partial charge in [0.15, 0.2) is 0 Å². The zero-order valence-corrected chi connectivity index (χ0v) is 11.8. The van der Waals surface area contributed by atoms with Gasteiger partial charge in [-0.1, -0.05) is 17.9 Å². The van der Waals surface area contributed by atoms with E-state index in [9.17, 15) is 4.79 Å². The first-order valence-corrected chi connectivity index (χ1v) is 6.50. The fourth-order valence-electron chi connectivity index (χ4n) is 1.84. The molecule has 0 aliphatic rings. The second-order valence-corrected chi connectivity index (χ2v) is 4.30. The molecule has 104 valence electrons. The van der Waals surface area contributed by atoms with Crippen molar-refractivity contribution in [1.82, 2.24) is 4.90 Å². The third-order valence-electron chi connectivity index (χ3n) is 2.87. The molecular formula is C16H18N2O2. The van der Waals surface area contributed by atoms with E-state index in [-0.39, 0.29) is 12.5 Å². The smallest absolute Gasteiger partial charge is 0.255 e. The molecule has 0 radical (unpaired) electrons. The zero-order chi connectivity index (χ0) is 15.0. The van der Waals surface area contributed by atoms with Gasteiger partial charge in [0, 0.05) is 18.7 Å². The average Bonchev–Trinajstić information content (AvgIpc) is 2.45. The van der Waals surface area contributed by atoms with Crippen LogP contribution in [0.4, 0.5) is 0 Å². The first-order valence-electron chi connectivity index (χ1n) is 6.50. The first kappa shape index (κ1) is 15.8. The first-order chi connectivity index (χ1) is 9.63. The Hall–Kier alpha value is -2.30. The maximum Gasteiger partial charge on any atom is 0.255 e. The Labute approximate surface area is 119 Å². The number of benzene rings is 1. The molecule has 20 heavy (non-hydrogen) atoms. The van der Waals surface area contributed by atoms with Gasteiger partial charge in [-0.15, -0.1) is 0 Å². The molecule has 0 heterocycles. The topological polar surface area (TPSA) is 64.3 Å². The summed E-state index contributed by atoms with van der Waals surface area (Å²) < 4.78 is 0. The van der Waals surface area contributed by atoms with Crippen LogP contribution in [-0.2, 0) is 0 Å². The second-order valence-electron chi connectivity index (χ2n) is 4.30. The average molecular weight is 270 g/mol. The highest BCUT2D eigenvalue weighted by molar-refractivity contribution is 5.96. The lowest BCUT2D eigenvalue weighted by molar-refractivity contribution is 0.0767. The van der Waals surface area contributed by atoms with Gasteiger partial charge in [-0.3, -0.25) is 4.79 Å².